The molecule has 1 aliphatic rings. The Morgan fingerprint density at radius 2 is 1.84 bits per heavy atom. The van der Waals surface area contributed by atoms with E-state index in [2.05, 4.69) is 26.6 Å². The Bertz CT molecular complexity index is 1410. The van der Waals surface area contributed by atoms with E-state index in [0.29, 0.717) is 37.3 Å². The highest BCUT2D eigenvalue weighted by molar-refractivity contribution is 9.10. The Morgan fingerprint density at radius 3 is 2.57 bits per heavy atom. The molecule has 0 saturated carbocycles. The maximum Gasteiger partial charge on any atom is 0.329 e. The molecule has 3 aromatic rings. The number of hydrogen-bond acceptors (Lipinski definition) is 5. The average molecular weight is 605 g/mol. The zero-order valence-corrected chi connectivity index (χ0v) is 22.5. The molecule has 4 rings (SSSR count). The lowest BCUT2D eigenvalue weighted by Gasteiger charge is -2.13. The zero-order chi connectivity index (χ0) is 26.5. The normalized spacial score (nSPS) is 14.1. The summed E-state index contributed by atoms with van der Waals surface area (Å²) in [5.74, 6) is -0.120. The molecule has 0 radical (unpaired) electrons. The van der Waals surface area contributed by atoms with E-state index in [1.807, 2.05) is 6.07 Å². The second kappa shape index (κ2) is 11.7. The Kier molecular flexibility index (Phi) is 8.38. The molecule has 1 fully saturated rings. The number of anilines is 1. The Morgan fingerprint density at radius 1 is 1.05 bits per heavy atom. The number of methoxy groups -OCH3 is 1. The molecule has 11 heteroatoms. The van der Waals surface area contributed by atoms with Gasteiger partial charge in [-0.2, -0.15) is 0 Å². The van der Waals surface area contributed by atoms with Gasteiger partial charge in [0.15, 0.2) is 0 Å². The number of para-hydroxylation sites is 2. The van der Waals surface area contributed by atoms with E-state index in [1.54, 1.807) is 54.6 Å². The number of amides is 4. The third kappa shape index (κ3) is 6.43. The SMILES string of the molecule is COc1ccccc1NC(=O)CN1C(=O)N/C(=C/c2ccc(OCc3ccc(Cl)c(Cl)c3)c(Br)c2)C1=O. The second-order valence-electron chi connectivity index (χ2n) is 7.85. The van der Waals surface area contributed by atoms with Crippen molar-refractivity contribution >= 4 is 68.7 Å². The number of halogens is 3. The van der Waals surface area contributed by atoms with Crippen molar-refractivity contribution in [1.29, 1.82) is 0 Å². The monoisotopic (exact) mass is 603 g/mol. The van der Waals surface area contributed by atoms with Gasteiger partial charge in [-0.15, -0.1) is 0 Å². The lowest BCUT2D eigenvalue weighted by molar-refractivity contribution is -0.127. The number of ether oxygens (including phenoxy) is 2. The molecule has 1 aliphatic heterocycles. The van der Waals surface area contributed by atoms with Crippen LogP contribution in [-0.2, 0) is 16.2 Å². The minimum absolute atomic E-state index is 0.0477. The van der Waals surface area contributed by atoms with Gasteiger partial charge < -0.3 is 20.1 Å². The van der Waals surface area contributed by atoms with Gasteiger partial charge in [0, 0.05) is 0 Å². The minimum atomic E-state index is -0.688. The van der Waals surface area contributed by atoms with Crippen LogP contribution in [0.1, 0.15) is 11.1 Å². The first-order chi connectivity index (χ1) is 17.7. The number of rotatable bonds is 8. The summed E-state index contributed by atoms with van der Waals surface area (Å²) in [5, 5.41) is 6.06. The number of urea groups is 1. The van der Waals surface area contributed by atoms with Crippen LogP contribution in [0.3, 0.4) is 0 Å². The number of nitrogens with zero attached hydrogens (tertiary/aromatic N) is 1. The zero-order valence-electron chi connectivity index (χ0n) is 19.4. The van der Waals surface area contributed by atoms with Crippen molar-refractivity contribution < 1.29 is 23.9 Å². The van der Waals surface area contributed by atoms with Crippen LogP contribution in [0.15, 0.2) is 70.8 Å². The molecule has 0 bridgehead atoms. The van der Waals surface area contributed by atoms with Gasteiger partial charge in [0.05, 0.1) is 27.3 Å². The van der Waals surface area contributed by atoms with Crippen LogP contribution in [0.4, 0.5) is 10.5 Å². The molecule has 0 unspecified atom stereocenters. The summed E-state index contributed by atoms with van der Waals surface area (Å²) >= 11 is 15.5. The molecule has 2 N–H and O–H groups in total. The summed E-state index contributed by atoms with van der Waals surface area (Å²) < 4.78 is 11.7. The first-order valence-corrected chi connectivity index (χ1v) is 12.4. The third-order valence-electron chi connectivity index (χ3n) is 5.29. The average Bonchev–Trinajstić information content (AvgIpc) is 3.13. The lowest BCUT2D eigenvalue weighted by atomic mass is 10.2. The fourth-order valence-corrected chi connectivity index (χ4v) is 4.31. The number of benzene rings is 3. The van der Waals surface area contributed by atoms with Crippen LogP contribution < -0.4 is 20.1 Å². The predicted octanol–water partition coefficient (Wildman–Crippen LogP) is 5.87. The van der Waals surface area contributed by atoms with Crippen molar-refractivity contribution in [2.45, 2.75) is 6.61 Å². The van der Waals surface area contributed by atoms with Gasteiger partial charge in [0.1, 0.15) is 30.3 Å². The molecule has 190 valence electrons. The molecular formula is C26H20BrCl2N3O5. The molecule has 1 heterocycles. The molecule has 0 aliphatic carbocycles. The number of nitrogens with one attached hydrogen (secondary N) is 2. The van der Waals surface area contributed by atoms with E-state index in [1.165, 1.54) is 13.2 Å². The summed E-state index contributed by atoms with van der Waals surface area (Å²) in [5.41, 5.74) is 1.97. The van der Waals surface area contributed by atoms with Crippen LogP contribution in [0.2, 0.25) is 10.0 Å². The minimum Gasteiger partial charge on any atom is -0.495 e. The second-order valence-corrected chi connectivity index (χ2v) is 9.52. The van der Waals surface area contributed by atoms with Gasteiger partial charge in [-0.25, -0.2) is 9.69 Å². The van der Waals surface area contributed by atoms with Crippen LogP contribution in [0, 0.1) is 0 Å². The Labute approximate surface area is 231 Å². The highest BCUT2D eigenvalue weighted by Gasteiger charge is 2.35. The van der Waals surface area contributed by atoms with Crippen molar-refractivity contribution in [3.05, 3.63) is 92.0 Å². The molecule has 0 spiro atoms. The first-order valence-electron chi connectivity index (χ1n) is 10.9. The summed E-state index contributed by atoms with van der Waals surface area (Å²) in [6, 6.07) is 16.6. The highest BCUT2D eigenvalue weighted by Crippen LogP contribution is 2.29. The van der Waals surface area contributed by atoms with Crippen LogP contribution in [-0.4, -0.2) is 36.4 Å². The molecular weight excluding hydrogens is 585 g/mol. The highest BCUT2D eigenvalue weighted by atomic mass is 79.9. The fourth-order valence-electron chi connectivity index (χ4n) is 3.48. The van der Waals surface area contributed by atoms with Crippen molar-refractivity contribution in [2.75, 3.05) is 19.0 Å². The van der Waals surface area contributed by atoms with Gasteiger partial charge in [0.25, 0.3) is 5.91 Å². The summed E-state index contributed by atoms with van der Waals surface area (Å²) in [6.45, 7) is -0.179. The third-order valence-corrected chi connectivity index (χ3v) is 6.65. The van der Waals surface area contributed by atoms with E-state index in [4.69, 9.17) is 32.7 Å². The molecule has 37 heavy (non-hydrogen) atoms. The van der Waals surface area contributed by atoms with Gasteiger partial charge in [-0.3, -0.25) is 9.59 Å². The van der Waals surface area contributed by atoms with E-state index >= 15 is 0 Å². The van der Waals surface area contributed by atoms with Crippen molar-refractivity contribution in [3.63, 3.8) is 0 Å². The molecule has 0 aromatic heterocycles. The molecule has 3 aromatic carbocycles. The number of carbonyl (C=O) groups is 3. The topological polar surface area (TPSA) is 97.0 Å². The smallest absolute Gasteiger partial charge is 0.329 e. The van der Waals surface area contributed by atoms with Crippen LogP contribution in [0.5, 0.6) is 11.5 Å². The maximum absolute atomic E-state index is 12.8. The number of hydrogen-bond donors (Lipinski definition) is 2. The first kappa shape index (κ1) is 26.5. The van der Waals surface area contributed by atoms with Crippen LogP contribution >= 0.6 is 39.1 Å². The van der Waals surface area contributed by atoms with E-state index in [-0.39, 0.29) is 12.3 Å². The van der Waals surface area contributed by atoms with Gasteiger partial charge in [0.2, 0.25) is 5.91 Å². The fraction of sp³-hybridized carbons (Fsp3) is 0.115. The van der Waals surface area contributed by atoms with E-state index < -0.39 is 24.4 Å². The number of carbonyl (C=O) groups excluding carboxylic acids is 3. The summed E-state index contributed by atoms with van der Waals surface area (Å²) in [6.07, 6.45) is 1.52. The summed E-state index contributed by atoms with van der Waals surface area (Å²) in [4.78, 5) is 38.5. The van der Waals surface area contributed by atoms with Crippen molar-refractivity contribution in [1.82, 2.24) is 10.2 Å². The Balaban J connectivity index is 1.40. The van der Waals surface area contributed by atoms with E-state index in [0.717, 1.165) is 10.5 Å². The lowest BCUT2D eigenvalue weighted by Crippen LogP contribution is -2.38. The van der Waals surface area contributed by atoms with E-state index in [9.17, 15) is 14.4 Å². The quantitative estimate of drug-likeness (QED) is 0.247. The molecule has 1 saturated heterocycles. The molecule has 0 atom stereocenters. The predicted molar refractivity (Wildman–Crippen MR) is 145 cm³/mol. The van der Waals surface area contributed by atoms with Gasteiger partial charge in [-0.05, 0) is 69.5 Å². The van der Waals surface area contributed by atoms with Gasteiger partial charge in [-0.1, -0.05) is 47.5 Å². The standard InChI is InChI=1S/C26H20BrCl2N3O5/c1-36-23-5-3-2-4-20(23)30-24(33)13-32-25(34)21(31-26(32)35)12-15-7-9-22(17(27)10-15)37-14-16-6-8-18(28)19(29)11-16/h2-12H,13-14H2,1H3,(H,30,33)(H,31,35)/b21-12+. The van der Waals surface area contributed by atoms with Crippen molar-refractivity contribution in [3.8, 4) is 11.5 Å². The summed E-state index contributed by atoms with van der Waals surface area (Å²) in [7, 11) is 1.48. The Hall–Kier alpha value is -3.53. The van der Waals surface area contributed by atoms with Gasteiger partial charge >= 0.3 is 6.03 Å². The number of imide groups is 1. The largest absolute Gasteiger partial charge is 0.495 e. The molecule has 4 amide bonds. The molecule has 8 nitrogen and oxygen atoms in total. The maximum atomic E-state index is 12.8. The van der Waals surface area contributed by atoms with Crippen LogP contribution in [0.25, 0.3) is 6.08 Å². The van der Waals surface area contributed by atoms with Crippen molar-refractivity contribution in [2.24, 2.45) is 0 Å².